The molecule has 5 heteroatoms. The smallest absolute Gasteiger partial charge is 0.0293 e. The van der Waals surface area contributed by atoms with Gasteiger partial charge in [-0.3, -0.25) is 9.80 Å². The Morgan fingerprint density at radius 3 is 2.70 bits per heavy atom. The predicted octanol–water partition coefficient (Wildman–Crippen LogP) is 3.59. The van der Waals surface area contributed by atoms with Crippen LogP contribution in [0.3, 0.4) is 0 Å². The molecule has 1 aromatic carbocycles. The summed E-state index contributed by atoms with van der Waals surface area (Å²) in [5, 5.41) is 3.79. The van der Waals surface area contributed by atoms with Crippen LogP contribution in [0.4, 0.5) is 0 Å². The molecule has 6 aliphatic rings. The topological polar surface area (TPSA) is 18.5 Å². The molecular formula is C22H33Br2N3. The molecule has 1 N–H and O–H groups in total. The predicted molar refractivity (Wildman–Crippen MR) is 121 cm³/mol. The van der Waals surface area contributed by atoms with E-state index in [9.17, 15) is 0 Å². The SMILES string of the molecule is Br.Br.c1ccc(CN2C[C@@H]3[C@@H]4CC[C@]5([C@@H]6CNC[C@H](C6)CN5C4)[C@@H]3C2)cc1. The zero-order chi connectivity index (χ0) is 16.4. The first-order valence-electron chi connectivity index (χ1n) is 10.5. The maximum absolute atomic E-state index is 3.79. The Morgan fingerprint density at radius 1 is 1.00 bits per heavy atom. The second kappa shape index (κ2) is 7.71. The molecule has 0 amide bonds. The molecule has 1 aliphatic carbocycles. The zero-order valence-corrected chi connectivity index (χ0v) is 19.5. The molecule has 0 radical (unpaired) electrons. The number of hydrogen-bond donors (Lipinski definition) is 1. The minimum atomic E-state index is 0. The van der Waals surface area contributed by atoms with Crippen LogP contribution in [0.1, 0.15) is 24.8 Å². The molecule has 5 heterocycles. The van der Waals surface area contributed by atoms with Crippen molar-refractivity contribution in [1.29, 1.82) is 0 Å². The summed E-state index contributed by atoms with van der Waals surface area (Å²) >= 11 is 0. The summed E-state index contributed by atoms with van der Waals surface area (Å²) in [5.41, 5.74) is 2.03. The Morgan fingerprint density at radius 2 is 1.85 bits per heavy atom. The average molecular weight is 499 g/mol. The highest BCUT2D eigenvalue weighted by Gasteiger charge is 2.64. The van der Waals surface area contributed by atoms with E-state index in [0.29, 0.717) is 5.54 Å². The fourth-order valence-corrected chi connectivity index (χ4v) is 7.65. The minimum Gasteiger partial charge on any atom is -0.316 e. The summed E-state index contributed by atoms with van der Waals surface area (Å²) in [6.45, 7) is 9.18. The van der Waals surface area contributed by atoms with Crippen LogP contribution in [0.25, 0.3) is 0 Å². The van der Waals surface area contributed by atoms with Gasteiger partial charge in [0, 0.05) is 38.3 Å². The van der Waals surface area contributed by atoms with Gasteiger partial charge in [0.25, 0.3) is 0 Å². The van der Waals surface area contributed by atoms with Crippen molar-refractivity contribution < 1.29 is 0 Å². The van der Waals surface area contributed by atoms with Crippen LogP contribution in [0, 0.1) is 29.6 Å². The minimum absolute atomic E-state index is 0. The lowest BCUT2D eigenvalue weighted by Crippen LogP contribution is -2.74. The lowest BCUT2D eigenvalue weighted by Gasteiger charge is -2.67. The summed E-state index contributed by atoms with van der Waals surface area (Å²) in [7, 11) is 0. The molecule has 6 atom stereocenters. The van der Waals surface area contributed by atoms with E-state index in [2.05, 4.69) is 45.4 Å². The van der Waals surface area contributed by atoms with E-state index in [0.717, 1.165) is 36.1 Å². The van der Waals surface area contributed by atoms with E-state index in [1.54, 1.807) is 0 Å². The van der Waals surface area contributed by atoms with Gasteiger partial charge in [0.2, 0.25) is 0 Å². The second-order valence-electron chi connectivity index (χ2n) is 9.60. The van der Waals surface area contributed by atoms with Gasteiger partial charge in [0.05, 0.1) is 0 Å². The molecule has 5 aliphatic heterocycles. The Kier molecular flexibility index (Phi) is 5.81. The van der Waals surface area contributed by atoms with Gasteiger partial charge in [-0.25, -0.2) is 0 Å². The van der Waals surface area contributed by atoms with Gasteiger partial charge in [-0.05, 0) is 67.5 Å². The van der Waals surface area contributed by atoms with Crippen LogP contribution in [0.2, 0.25) is 0 Å². The molecule has 3 nitrogen and oxygen atoms in total. The van der Waals surface area contributed by atoms with E-state index >= 15 is 0 Å². The van der Waals surface area contributed by atoms with Crippen molar-refractivity contribution >= 4 is 34.0 Å². The van der Waals surface area contributed by atoms with Gasteiger partial charge in [-0.15, -0.1) is 34.0 Å². The zero-order valence-electron chi connectivity index (χ0n) is 16.1. The molecule has 27 heavy (non-hydrogen) atoms. The highest BCUT2D eigenvalue weighted by atomic mass is 79.9. The van der Waals surface area contributed by atoms with Gasteiger partial charge in [-0.2, -0.15) is 0 Å². The molecule has 7 rings (SSSR count). The second-order valence-corrected chi connectivity index (χ2v) is 9.60. The highest BCUT2D eigenvalue weighted by molar-refractivity contribution is 8.93. The molecular weight excluding hydrogens is 466 g/mol. The fraction of sp³-hybridized carbons (Fsp3) is 0.727. The van der Waals surface area contributed by atoms with E-state index in [1.165, 1.54) is 64.1 Å². The van der Waals surface area contributed by atoms with Crippen molar-refractivity contribution in [3.63, 3.8) is 0 Å². The largest absolute Gasteiger partial charge is 0.316 e. The van der Waals surface area contributed by atoms with Crippen molar-refractivity contribution in [2.24, 2.45) is 29.6 Å². The molecule has 150 valence electrons. The highest BCUT2D eigenvalue weighted by Crippen LogP contribution is 2.59. The Hall–Kier alpha value is 0.0600. The third-order valence-electron chi connectivity index (χ3n) is 8.52. The van der Waals surface area contributed by atoms with Crippen LogP contribution < -0.4 is 5.32 Å². The van der Waals surface area contributed by atoms with Crippen LogP contribution in [-0.2, 0) is 6.54 Å². The van der Waals surface area contributed by atoms with E-state index < -0.39 is 0 Å². The standard InChI is InChI=1S/C22H31N3.2BrH/c1-2-4-16(5-3-1)11-24-14-20-18-6-7-22(21(20)15-24)19-8-17(9-23-10-19)12-25(22)13-18;;/h1-5,17-21,23H,6-15H2;2*1H/t17-,18+,19-,20+,21+,22-;;/m0../s1. The average Bonchev–Trinajstić information content (AvgIpc) is 3.08. The van der Waals surface area contributed by atoms with Gasteiger partial charge in [0.15, 0.2) is 0 Å². The van der Waals surface area contributed by atoms with Crippen molar-refractivity contribution in [3.05, 3.63) is 35.9 Å². The van der Waals surface area contributed by atoms with Crippen molar-refractivity contribution in [1.82, 2.24) is 15.1 Å². The number of halogens is 2. The summed E-state index contributed by atoms with van der Waals surface area (Å²) in [6, 6.07) is 11.1. The molecule has 1 saturated carbocycles. The third-order valence-corrected chi connectivity index (χ3v) is 8.52. The maximum atomic E-state index is 3.79. The summed E-state index contributed by atoms with van der Waals surface area (Å²) in [4.78, 5) is 5.80. The molecule has 1 spiro atoms. The van der Waals surface area contributed by atoms with Crippen LogP contribution in [-0.4, -0.2) is 54.6 Å². The molecule has 0 unspecified atom stereocenters. The lowest BCUT2D eigenvalue weighted by molar-refractivity contribution is -0.169. The van der Waals surface area contributed by atoms with Crippen LogP contribution in [0.5, 0.6) is 0 Å². The summed E-state index contributed by atoms with van der Waals surface area (Å²) in [5.74, 6) is 4.69. The fourth-order valence-electron chi connectivity index (χ4n) is 7.65. The quantitative estimate of drug-likeness (QED) is 0.672. The van der Waals surface area contributed by atoms with E-state index in [-0.39, 0.29) is 34.0 Å². The summed E-state index contributed by atoms with van der Waals surface area (Å²) in [6.07, 6.45) is 4.48. The number of nitrogens with zero attached hydrogens (tertiary/aromatic N) is 2. The number of piperidine rings is 4. The van der Waals surface area contributed by atoms with Crippen LogP contribution in [0.15, 0.2) is 30.3 Å². The maximum Gasteiger partial charge on any atom is 0.0293 e. The monoisotopic (exact) mass is 497 g/mol. The van der Waals surface area contributed by atoms with Gasteiger partial charge < -0.3 is 5.32 Å². The summed E-state index contributed by atoms with van der Waals surface area (Å²) < 4.78 is 0. The molecule has 5 saturated heterocycles. The first-order valence-corrected chi connectivity index (χ1v) is 10.5. The molecule has 4 bridgehead atoms. The number of hydrogen-bond acceptors (Lipinski definition) is 3. The first-order chi connectivity index (χ1) is 12.3. The number of fused-ring (bicyclic) bond motifs is 3. The van der Waals surface area contributed by atoms with Crippen molar-refractivity contribution in [2.45, 2.75) is 31.3 Å². The lowest BCUT2D eigenvalue weighted by atomic mass is 9.52. The Balaban J connectivity index is 0.000000900. The molecule has 1 aromatic rings. The number of likely N-dealkylation sites (tertiary alicyclic amines) is 1. The number of rotatable bonds is 2. The normalized spacial score (nSPS) is 42.6. The third kappa shape index (κ3) is 3.07. The first kappa shape index (κ1) is 20.3. The van der Waals surface area contributed by atoms with Gasteiger partial charge >= 0.3 is 0 Å². The van der Waals surface area contributed by atoms with E-state index in [1.807, 2.05) is 0 Å². The van der Waals surface area contributed by atoms with Crippen molar-refractivity contribution in [3.8, 4) is 0 Å². The van der Waals surface area contributed by atoms with Gasteiger partial charge in [-0.1, -0.05) is 30.3 Å². The van der Waals surface area contributed by atoms with E-state index in [4.69, 9.17) is 0 Å². The van der Waals surface area contributed by atoms with Gasteiger partial charge in [0.1, 0.15) is 0 Å². The van der Waals surface area contributed by atoms with Crippen molar-refractivity contribution in [2.75, 3.05) is 39.3 Å². The number of benzene rings is 1. The molecule has 6 fully saturated rings. The van der Waals surface area contributed by atoms with Crippen LogP contribution >= 0.6 is 34.0 Å². The number of nitrogens with one attached hydrogen (secondary N) is 1. The Labute approximate surface area is 184 Å². The Bertz CT molecular complexity index is 652. The molecule has 0 aromatic heterocycles.